The van der Waals surface area contributed by atoms with Gasteiger partial charge in [0, 0.05) is 18.3 Å². The van der Waals surface area contributed by atoms with Gasteiger partial charge in [0.2, 0.25) is 0 Å². The Morgan fingerprint density at radius 2 is 2.21 bits per heavy atom. The molecule has 1 aromatic rings. The van der Waals surface area contributed by atoms with Crippen molar-refractivity contribution in [1.82, 2.24) is 0 Å². The van der Waals surface area contributed by atoms with E-state index in [1.165, 1.54) is 18.2 Å². The van der Waals surface area contributed by atoms with E-state index < -0.39 is 16.3 Å². The molecule has 0 bridgehead atoms. The molecular formula is C12H13N3O4. The number of carboxylic acid groups (broad SMARTS) is 1. The summed E-state index contributed by atoms with van der Waals surface area (Å²) < 4.78 is 0. The minimum atomic E-state index is -0.978. The van der Waals surface area contributed by atoms with E-state index in [0.717, 1.165) is 0 Å². The molecule has 0 atom stereocenters. The molecule has 19 heavy (non-hydrogen) atoms. The third-order valence-corrected chi connectivity index (χ3v) is 2.63. The molecule has 7 heteroatoms. The first kappa shape index (κ1) is 14.4. The summed E-state index contributed by atoms with van der Waals surface area (Å²) in [5.41, 5.74) is -0.848. The molecule has 0 radical (unpaired) electrons. The van der Waals surface area contributed by atoms with Gasteiger partial charge in [-0.25, -0.2) is 0 Å². The highest BCUT2D eigenvalue weighted by Gasteiger charge is 2.26. The number of aliphatic carboxylic acids is 1. The van der Waals surface area contributed by atoms with Crippen LogP contribution in [-0.2, 0) is 4.79 Å². The maximum Gasteiger partial charge on any atom is 0.310 e. The van der Waals surface area contributed by atoms with Crippen LogP contribution in [0.3, 0.4) is 0 Å². The van der Waals surface area contributed by atoms with Crippen molar-refractivity contribution in [3.8, 4) is 6.07 Å². The van der Waals surface area contributed by atoms with Crippen LogP contribution in [0.1, 0.15) is 19.4 Å². The van der Waals surface area contributed by atoms with Gasteiger partial charge in [0.1, 0.15) is 11.6 Å². The predicted octanol–water partition coefficient (Wildman–Crippen LogP) is 1.99. The van der Waals surface area contributed by atoms with E-state index in [9.17, 15) is 14.9 Å². The number of nitro benzene ring substituents is 1. The first-order valence-electron chi connectivity index (χ1n) is 5.44. The van der Waals surface area contributed by atoms with Crippen molar-refractivity contribution in [2.24, 2.45) is 5.41 Å². The van der Waals surface area contributed by atoms with Gasteiger partial charge in [-0.2, -0.15) is 5.26 Å². The first-order valence-corrected chi connectivity index (χ1v) is 5.44. The Morgan fingerprint density at radius 1 is 1.58 bits per heavy atom. The summed E-state index contributed by atoms with van der Waals surface area (Å²) in [6, 6.07) is 5.73. The topological polar surface area (TPSA) is 116 Å². The molecule has 0 aliphatic heterocycles. The molecule has 1 aromatic carbocycles. The molecule has 0 amide bonds. The monoisotopic (exact) mass is 263 g/mol. The van der Waals surface area contributed by atoms with Crippen molar-refractivity contribution in [3.63, 3.8) is 0 Å². The summed E-state index contributed by atoms with van der Waals surface area (Å²) >= 11 is 0. The zero-order valence-electron chi connectivity index (χ0n) is 10.5. The Morgan fingerprint density at radius 3 is 2.68 bits per heavy atom. The van der Waals surface area contributed by atoms with Crippen LogP contribution in [0.5, 0.6) is 0 Å². The van der Waals surface area contributed by atoms with Crippen LogP contribution in [0.25, 0.3) is 0 Å². The van der Waals surface area contributed by atoms with Crippen LogP contribution >= 0.6 is 0 Å². The quantitative estimate of drug-likeness (QED) is 0.619. The number of carboxylic acids is 1. The van der Waals surface area contributed by atoms with Gasteiger partial charge in [-0.15, -0.1) is 0 Å². The summed E-state index contributed by atoms with van der Waals surface area (Å²) in [6.45, 7) is 3.25. The lowest BCUT2D eigenvalue weighted by Gasteiger charge is -2.20. The molecule has 0 aliphatic rings. The number of nitrogens with one attached hydrogen (secondary N) is 1. The number of benzene rings is 1. The highest BCUT2D eigenvalue weighted by atomic mass is 16.6. The smallest absolute Gasteiger partial charge is 0.310 e. The predicted molar refractivity (Wildman–Crippen MR) is 67.7 cm³/mol. The average molecular weight is 263 g/mol. The van der Waals surface area contributed by atoms with Crippen LogP contribution in [0.15, 0.2) is 18.2 Å². The van der Waals surface area contributed by atoms with Crippen molar-refractivity contribution < 1.29 is 14.8 Å². The maximum atomic E-state index is 10.9. The van der Waals surface area contributed by atoms with Gasteiger partial charge in [0.25, 0.3) is 5.69 Å². The summed E-state index contributed by atoms with van der Waals surface area (Å²) in [7, 11) is 0. The van der Waals surface area contributed by atoms with E-state index in [-0.39, 0.29) is 17.8 Å². The minimum absolute atomic E-state index is 0.0665. The highest BCUT2D eigenvalue weighted by molar-refractivity contribution is 5.74. The zero-order valence-corrected chi connectivity index (χ0v) is 10.5. The minimum Gasteiger partial charge on any atom is -0.481 e. The van der Waals surface area contributed by atoms with Crippen LogP contribution in [0, 0.1) is 26.9 Å². The lowest BCUT2D eigenvalue weighted by molar-refractivity contribution is -0.385. The summed E-state index contributed by atoms with van der Waals surface area (Å²) in [5, 5.41) is 31.3. The fourth-order valence-electron chi connectivity index (χ4n) is 1.29. The number of nitrogens with zero attached hydrogens (tertiary/aromatic N) is 2. The number of hydrogen-bond acceptors (Lipinski definition) is 5. The second kappa shape index (κ2) is 5.35. The van der Waals surface area contributed by atoms with Gasteiger partial charge >= 0.3 is 5.97 Å². The van der Waals surface area contributed by atoms with Gasteiger partial charge in [0.05, 0.1) is 10.3 Å². The lowest BCUT2D eigenvalue weighted by Crippen LogP contribution is -2.31. The highest BCUT2D eigenvalue weighted by Crippen LogP contribution is 2.23. The van der Waals surface area contributed by atoms with Gasteiger partial charge in [-0.3, -0.25) is 14.9 Å². The number of nitriles is 1. The zero-order chi connectivity index (χ0) is 14.6. The van der Waals surface area contributed by atoms with Crippen LogP contribution in [0.4, 0.5) is 11.4 Å². The number of hydrogen-bond donors (Lipinski definition) is 2. The van der Waals surface area contributed by atoms with E-state index in [1.807, 2.05) is 0 Å². The molecule has 0 aromatic heterocycles. The molecule has 2 N–H and O–H groups in total. The van der Waals surface area contributed by atoms with Crippen LogP contribution in [-0.4, -0.2) is 22.5 Å². The molecule has 7 nitrogen and oxygen atoms in total. The normalized spacial score (nSPS) is 10.6. The second-order valence-electron chi connectivity index (χ2n) is 4.64. The molecule has 0 fully saturated rings. The number of anilines is 1. The fourth-order valence-corrected chi connectivity index (χ4v) is 1.29. The first-order chi connectivity index (χ1) is 8.77. The van der Waals surface area contributed by atoms with Crippen molar-refractivity contribution in [2.45, 2.75) is 13.8 Å². The number of rotatable bonds is 5. The molecule has 0 aliphatic carbocycles. The second-order valence-corrected chi connectivity index (χ2v) is 4.64. The van der Waals surface area contributed by atoms with Crippen molar-refractivity contribution in [3.05, 3.63) is 33.9 Å². The molecule has 0 spiro atoms. The van der Waals surface area contributed by atoms with Crippen molar-refractivity contribution in [1.29, 1.82) is 5.26 Å². The molecule has 100 valence electrons. The molecule has 0 saturated carbocycles. The summed E-state index contributed by atoms with van der Waals surface area (Å²) in [6.07, 6.45) is 0. The van der Waals surface area contributed by atoms with E-state index in [2.05, 4.69) is 5.32 Å². The van der Waals surface area contributed by atoms with Crippen molar-refractivity contribution >= 4 is 17.3 Å². The standard InChI is InChI=1S/C12H13N3O4/c1-12(2,11(16)17)7-14-9-3-4-10(15(18)19)8(5-9)6-13/h3-5,14H,7H2,1-2H3,(H,16,17). The Balaban J connectivity index is 2.91. The van der Waals surface area contributed by atoms with Crippen LogP contribution in [0.2, 0.25) is 0 Å². The van der Waals surface area contributed by atoms with Crippen LogP contribution < -0.4 is 5.32 Å². The summed E-state index contributed by atoms with van der Waals surface area (Å²) in [4.78, 5) is 20.9. The number of carbonyl (C=O) groups is 1. The van der Waals surface area contributed by atoms with Gasteiger partial charge < -0.3 is 10.4 Å². The molecule has 1 rings (SSSR count). The third-order valence-electron chi connectivity index (χ3n) is 2.63. The van der Waals surface area contributed by atoms with E-state index in [4.69, 9.17) is 10.4 Å². The van der Waals surface area contributed by atoms with E-state index >= 15 is 0 Å². The molecule has 0 saturated heterocycles. The molecule has 0 unspecified atom stereocenters. The van der Waals surface area contributed by atoms with Crippen molar-refractivity contribution in [2.75, 3.05) is 11.9 Å². The molecule has 0 heterocycles. The Bertz CT molecular complexity index is 561. The Hall–Kier alpha value is -2.62. The fraction of sp³-hybridized carbons (Fsp3) is 0.333. The van der Waals surface area contributed by atoms with Gasteiger partial charge in [-0.05, 0) is 26.0 Å². The summed E-state index contributed by atoms with van der Waals surface area (Å²) in [5.74, 6) is -0.956. The number of nitro groups is 1. The molecular weight excluding hydrogens is 250 g/mol. The van der Waals surface area contributed by atoms with E-state index in [0.29, 0.717) is 5.69 Å². The third kappa shape index (κ3) is 3.42. The lowest BCUT2D eigenvalue weighted by atomic mass is 9.94. The van der Waals surface area contributed by atoms with Gasteiger partial charge in [-0.1, -0.05) is 0 Å². The largest absolute Gasteiger partial charge is 0.481 e. The maximum absolute atomic E-state index is 10.9. The Labute approximate surface area is 109 Å². The average Bonchev–Trinajstić information content (AvgIpc) is 2.35. The van der Waals surface area contributed by atoms with Gasteiger partial charge in [0.15, 0.2) is 0 Å². The Kier molecular flexibility index (Phi) is 4.07. The SMILES string of the molecule is CC(C)(CNc1ccc([N+](=O)[O-])c(C#N)c1)C(=O)O. The van der Waals surface area contributed by atoms with E-state index in [1.54, 1.807) is 19.9 Å².